The molecule has 3 aromatic rings. The standard InChI is InChI=1S/C24H25NO4S/c1-2-20-15-17-22(18-16-20)29-19-9-14-24(26)25(21-10-5-3-6-11-21)30(27,28)23-12-7-4-8-13-23/h3-8,10-13,15-18H,2,9,14,19H2,1H3. The first-order valence-electron chi connectivity index (χ1n) is 9.92. The molecule has 3 aromatic carbocycles. The summed E-state index contributed by atoms with van der Waals surface area (Å²) in [6.45, 7) is 2.41. The number of amides is 1. The summed E-state index contributed by atoms with van der Waals surface area (Å²) in [5.41, 5.74) is 1.55. The summed E-state index contributed by atoms with van der Waals surface area (Å²) in [5, 5.41) is 0. The number of carbonyl (C=O) groups is 1. The van der Waals surface area contributed by atoms with Crippen molar-refractivity contribution in [1.29, 1.82) is 0 Å². The van der Waals surface area contributed by atoms with Crippen LogP contribution in [0.4, 0.5) is 5.69 Å². The van der Waals surface area contributed by atoms with Crippen LogP contribution in [0.3, 0.4) is 0 Å². The van der Waals surface area contributed by atoms with Gasteiger partial charge in [0, 0.05) is 6.42 Å². The molecule has 30 heavy (non-hydrogen) atoms. The minimum atomic E-state index is -4.01. The first kappa shape index (κ1) is 21.6. The number of hydrogen-bond donors (Lipinski definition) is 0. The van der Waals surface area contributed by atoms with Gasteiger partial charge in [-0.25, -0.2) is 12.7 Å². The summed E-state index contributed by atoms with van der Waals surface area (Å²) in [7, 11) is -4.01. The number of rotatable bonds is 9. The molecule has 0 bridgehead atoms. The predicted molar refractivity (Wildman–Crippen MR) is 118 cm³/mol. The molecule has 0 saturated carbocycles. The molecule has 0 fully saturated rings. The Balaban J connectivity index is 1.70. The van der Waals surface area contributed by atoms with E-state index in [9.17, 15) is 13.2 Å². The number of para-hydroxylation sites is 1. The molecule has 1 amide bonds. The zero-order valence-corrected chi connectivity index (χ0v) is 17.7. The van der Waals surface area contributed by atoms with Crippen molar-refractivity contribution in [2.75, 3.05) is 10.9 Å². The highest BCUT2D eigenvalue weighted by molar-refractivity contribution is 7.93. The maximum atomic E-state index is 13.2. The van der Waals surface area contributed by atoms with Crippen LogP contribution < -0.4 is 9.04 Å². The monoisotopic (exact) mass is 423 g/mol. The van der Waals surface area contributed by atoms with Gasteiger partial charge in [0.2, 0.25) is 5.91 Å². The molecule has 0 N–H and O–H groups in total. The molecule has 0 aliphatic heterocycles. The van der Waals surface area contributed by atoms with Crippen molar-refractivity contribution in [2.24, 2.45) is 0 Å². The lowest BCUT2D eigenvalue weighted by Crippen LogP contribution is -2.37. The number of aryl methyl sites for hydroxylation is 1. The predicted octanol–water partition coefficient (Wildman–Crippen LogP) is 4.83. The van der Waals surface area contributed by atoms with Gasteiger partial charge < -0.3 is 4.74 Å². The molecule has 0 saturated heterocycles. The lowest BCUT2D eigenvalue weighted by atomic mass is 10.2. The van der Waals surface area contributed by atoms with Gasteiger partial charge in [-0.1, -0.05) is 55.5 Å². The van der Waals surface area contributed by atoms with Crippen molar-refractivity contribution in [2.45, 2.75) is 31.1 Å². The Hall–Kier alpha value is -3.12. The SMILES string of the molecule is CCc1ccc(OCCCC(=O)N(c2ccccc2)S(=O)(=O)c2ccccc2)cc1. The minimum absolute atomic E-state index is 0.0496. The van der Waals surface area contributed by atoms with Crippen LogP contribution in [0.15, 0.2) is 89.8 Å². The highest BCUT2D eigenvalue weighted by atomic mass is 32.2. The maximum Gasteiger partial charge on any atom is 0.270 e. The lowest BCUT2D eigenvalue weighted by molar-refractivity contribution is -0.117. The van der Waals surface area contributed by atoms with E-state index in [-0.39, 0.29) is 11.3 Å². The molecular weight excluding hydrogens is 398 g/mol. The minimum Gasteiger partial charge on any atom is -0.494 e. The van der Waals surface area contributed by atoms with Gasteiger partial charge in [0.15, 0.2) is 0 Å². The van der Waals surface area contributed by atoms with Gasteiger partial charge in [0.05, 0.1) is 17.2 Å². The lowest BCUT2D eigenvalue weighted by Gasteiger charge is -2.22. The van der Waals surface area contributed by atoms with Crippen LogP contribution in [-0.4, -0.2) is 20.9 Å². The zero-order chi connectivity index (χ0) is 21.4. The number of carbonyl (C=O) groups excluding carboxylic acids is 1. The molecule has 0 radical (unpaired) electrons. The van der Waals surface area contributed by atoms with Crippen LogP contribution in [0.5, 0.6) is 5.75 Å². The third-order valence-corrected chi connectivity index (χ3v) is 6.40. The molecule has 5 nitrogen and oxygen atoms in total. The summed E-state index contributed by atoms with van der Waals surface area (Å²) in [5.74, 6) is 0.242. The van der Waals surface area contributed by atoms with E-state index in [4.69, 9.17) is 4.74 Å². The van der Waals surface area contributed by atoms with E-state index in [1.165, 1.54) is 17.7 Å². The maximum absolute atomic E-state index is 13.2. The van der Waals surface area contributed by atoms with E-state index in [2.05, 4.69) is 6.92 Å². The zero-order valence-electron chi connectivity index (χ0n) is 16.9. The topological polar surface area (TPSA) is 63.7 Å². The van der Waals surface area contributed by atoms with E-state index >= 15 is 0 Å². The molecule has 0 spiro atoms. The second kappa shape index (κ2) is 10.1. The molecule has 0 unspecified atom stereocenters. The highest BCUT2D eigenvalue weighted by Crippen LogP contribution is 2.25. The number of anilines is 1. The fraction of sp³-hybridized carbons (Fsp3) is 0.208. The molecule has 0 heterocycles. The van der Waals surface area contributed by atoms with Crippen LogP contribution in [0.2, 0.25) is 0 Å². The Kier molecular flexibility index (Phi) is 7.25. The summed E-state index contributed by atoms with van der Waals surface area (Å²) < 4.78 is 32.9. The van der Waals surface area contributed by atoms with Gasteiger partial charge in [-0.05, 0) is 54.8 Å². The number of sulfonamides is 1. The normalized spacial score (nSPS) is 11.1. The number of hydrogen-bond acceptors (Lipinski definition) is 4. The third kappa shape index (κ3) is 5.27. The molecule has 0 atom stereocenters. The van der Waals surface area contributed by atoms with Crippen molar-refractivity contribution in [3.05, 3.63) is 90.5 Å². The molecule has 0 aliphatic carbocycles. The second-order valence-corrected chi connectivity index (χ2v) is 8.55. The average molecular weight is 424 g/mol. The van der Waals surface area contributed by atoms with Crippen molar-refractivity contribution >= 4 is 21.6 Å². The van der Waals surface area contributed by atoms with Gasteiger partial charge in [0.1, 0.15) is 5.75 Å². The van der Waals surface area contributed by atoms with Crippen LogP contribution in [0.1, 0.15) is 25.3 Å². The highest BCUT2D eigenvalue weighted by Gasteiger charge is 2.30. The fourth-order valence-corrected chi connectivity index (χ4v) is 4.48. The summed E-state index contributed by atoms with van der Waals surface area (Å²) >= 11 is 0. The van der Waals surface area contributed by atoms with Crippen LogP contribution in [-0.2, 0) is 21.2 Å². The Morgan fingerprint density at radius 2 is 1.47 bits per heavy atom. The Bertz CT molecular complexity index is 1050. The van der Waals surface area contributed by atoms with Crippen LogP contribution in [0, 0.1) is 0 Å². The van der Waals surface area contributed by atoms with E-state index in [1.54, 1.807) is 48.5 Å². The Labute approximate surface area is 178 Å². The molecule has 6 heteroatoms. The molecule has 156 valence electrons. The van der Waals surface area contributed by atoms with E-state index in [1.807, 2.05) is 24.3 Å². The average Bonchev–Trinajstić information content (AvgIpc) is 2.78. The Morgan fingerprint density at radius 3 is 2.07 bits per heavy atom. The van der Waals surface area contributed by atoms with Crippen molar-refractivity contribution in [3.8, 4) is 5.75 Å². The molecule has 0 aromatic heterocycles. The summed E-state index contributed by atoms with van der Waals surface area (Å²) in [6, 6.07) is 24.2. The van der Waals surface area contributed by atoms with Crippen LogP contribution >= 0.6 is 0 Å². The number of nitrogens with zero attached hydrogens (tertiary/aromatic N) is 1. The second-order valence-electron chi connectivity index (χ2n) is 6.76. The van der Waals surface area contributed by atoms with Crippen molar-refractivity contribution < 1.29 is 17.9 Å². The van der Waals surface area contributed by atoms with Gasteiger partial charge in [-0.15, -0.1) is 0 Å². The Morgan fingerprint density at radius 1 is 0.867 bits per heavy atom. The largest absolute Gasteiger partial charge is 0.494 e. The number of benzene rings is 3. The first-order valence-corrected chi connectivity index (χ1v) is 11.4. The van der Waals surface area contributed by atoms with Crippen LogP contribution in [0.25, 0.3) is 0 Å². The quantitative estimate of drug-likeness (QED) is 0.463. The number of ether oxygens (including phenoxy) is 1. The van der Waals surface area contributed by atoms with Gasteiger partial charge in [-0.2, -0.15) is 0 Å². The van der Waals surface area contributed by atoms with Crippen molar-refractivity contribution in [1.82, 2.24) is 0 Å². The van der Waals surface area contributed by atoms with Gasteiger partial charge >= 0.3 is 0 Å². The first-order chi connectivity index (χ1) is 14.5. The summed E-state index contributed by atoms with van der Waals surface area (Å²) in [6.07, 6.45) is 1.41. The van der Waals surface area contributed by atoms with E-state index in [0.717, 1.165) is 16.5 Å². The third-order valence-electron chi connectivity index (χ3n) is 4.63. The summed E-state index contributed by atoms with van der Waals surface area (Å²) in [4.78, 5) is 13.0. The van der Waals surface area contributed by atoms with Gasteiger partial charge in [0.25, 0.3) is 10.0 Å². The van der Waals surface area contributed by atoms with Gasteiger partial charge in [-0.3, -0.25) is 4.79 Å². The van der Waals surface area contributed by atoms with E-state index in [0.29, 0.717) is 18.7 Å². The molecular formula is C24H25NO4S. The van der Waals surface area contributed by atoms with Crippen molar-refractivity contribution in [3.63, 3.8) is 0 Å². The molecule has 3 rings (SSSR count). The fourth-order valence-electron chi connectivity index (χ4n) is 3.01. The smallest absolute Gasteiger partial charge is 0.270 e. The van der Waals surface area contributed by atoms with E-state index < -0.39 is 15.9 Å². The molecule has 0 aliphatic rings.